The molecule has 3 aromatic carbocycles. The Morgan fingerprint density at radius 1 is 0.971 bits per heavy atom. The molecule has 34 heavy (non-hydrogen) atoms. The number of carbonyl (C=O) groups excluding carboxylic acids is 1. The fraction of sp³-hybridized carbons (Fsp3) is 0.259. The number of nitrogens with zero attached hydrogens (tertiary/aromatic N) is 3. The molecule has 7 heteroatoms. The number of ether oxygens (including phenoxy) is 2. The molecule has 0 bridgehead atoms. The maximum absolute atomic E-state index is 12.3. The van der Waals surface area contributed by atoms with Crippen LogP contribution in [0.15, 0.2) is 48.5 Å². The molecule has 0 aliphatic heterocycles. The van der Waals surface area contributed by atoms with Gasteiger partial charge in [0.15, 0.2) is 0 Å². The van der Waals surface area contributed by atoms with Crippen molar-refractivity contribution in [1.82, 2.24) is 14.1 Å². The van der Waals surface area contributed by atoms with Crippen molar-refractivity contribution in [1.29, 1.82) is 0 Å². The number of methoxy groups -OCH3 is 2. The van der Waals surface area contributed by atoms with Crippen molar-refractivity contribution >= 4 is 50.4 Å². The highest BCUT2D eigenvalue weighted by Crippen LogP contribution is 2.35. The Morgan fingerprint density at radius 3 is 2.38 bits per heavy atom. The zero-order chi connectivity index (χ0) is 24.0. The number of benzene rings is 3. The molecular formula is C27H26ClN3O3. The molecule has 2 heterocycles. The Balaban J connectivity index is 1.78. The molecule has 5 aromatic rings. The molecule has 0 radical (unpaired) electrons. The Morgan fingerprint density at radius 2 is 1.68 bits per heavy atom. The van der Waals surface area contributed by atoms with Crippen LogP contribution in [0, 0.1) is 6.92 Å². The molecular weight excluding hydrogens is 450 g/mol. The lowest BCUT2D eigenvalue weighted by Crippen LogP contribution is -2.07. The van der Waals surface area contributed by atoms with Crippen LogP contribution in [0.4, 0.5) is 0 Å². The largest absolute Gasteiger partial charge is 0.465 e. The number of hydrogen-bond acceptors (Lipinski definition) is 4. The van der Waals surface area contributed by atoms with E-state index in [1.54, 1.807) is 13.2 Å². The van der Waals surface area contributed by atoms with Gasteiger partial charge < -0.3 is 18.6 Å². The first-order valence-electron chi connectivity index (χ1n) is 11.3. The van der Waals surface area contributed by atoms with Crippen molar-refractivity contribution in [3.63, 3.8) is 0 Å². The first kappa shape index (κ1) is 22.4. The summed E-state index contributed by atoms with van der Waals surface area (Å²) in [5.41, 5.74) is 6.38. The molecule has 0 fully saturated rings. The fourth-order valence-corrected chi connectivity index (χ4v) is 5.01. The van der Waals surface area contributed by atoms with Gasteiger partial charge in [-0.2, -0.15) is 0 Å². The van der Waals surface area contributed by atoms with Crippen molar-refractivity contribution in [2.45, 2.75) is 26.9 Å². The van der Waals surface area contributed by atoms with Crippen molar-refractivity contribution in [2.24, 2.45) is 0 Å². The molecule has 174 valence electrons. The lowest BCUT2D eigenvalue weighted by molar-refractivity contribution is 0.0600. The van der Waals surface area contributed by atoms with Gasteiger partial charge in [-0.05, 0) is 67.9 Å². The van der Waals surface area contributed by atoms with Crippen molar-refractivity contribution in [3.05, 3.63) is 64.7 Å². The van der Waals surface area contributed by atoms with E-state index < -0.39 is 0 Å². The average molecular weight is 476 g/mol. The molecule has 2 aromatic heterocycles. The van der Waals surface area contributed by atoms with Crippen LogP contribution >= 0.6 is 11.6 Å². The zero-order valence-electron chi connectivity index (χ0n) is 19.7. The summed E-state index contributed by atoms with van der Waals surface area (Å²) >= 11 is 6.36. The second-order valence-electron chi connectivity index (χ2n) is 8.31. The standard InChI is InChI=1S/C27H26ClN3O3/c1-5-30-22-9-6-17(14-20(22)21-15-18(28)7-10-23(21)30)26-29-25-16(2)19(27(32)34-4)8-11-24(25)31(26)12-13-33-3/h6-11,14-15H,5,12-13H2,1-4H3. The van der Waals surface area contributed by atoms with Crippen LogP contribution in [0.5, 0.6) is 0 Å². The van der Waals surface area contributed by atoms with Gasteiger partial charge in [-0.25, -0.2) is 9.78 Å². The Bertz CT molecular complexity index is 1560. The average Bonchev–Trinajstić information content (AvgIpc) is 3.37. The Labute approximate surface area is 202 Å². The van der Waals surface area contributed by atoms with E-state index in [9.17, 15) is 4.79 Å². The van der Waals surface area contributed by atoms with Gasteiger partial charge in [0, 0.05) is 52.6 Å². The highest BCUT2D eigenvalue weighted by Gasteiger charge is 2.20. The normalized spacial score (nSPS) is 11.7. The SMILES string of the molecule is CCn1c2ccc(Cl)cc2c2cc(-c3nc4c(C)c(C(=O)OC)ccc4n3CCOC)ccc21. The van der Waals surface area contributed by atoms with Crippen molar-refractivity contribution in [3.8, 4) is 11.4 Å². The van der Waals surface area contributed by atoms with Gasteiger partial charge >= 0.3 is 5.97 Å². The minimum atomic E-state index is -0.363. The molecule has 0 aliphatic rings. The van der Waals surface area contributed by atoms with E-state index in [1.807, 2.05) is 25.1 Å². The summed E-state index contributed by atoms with van der Waals surface area (Å²) in [4.78, 5) is 17.3. The number of rotatable bonds is 6. The molecule has 0 atom stereocenters. The smallest absolute Gasteiger partial charge is 0.338 e. The number of carbonyl (C=O) groups is 1. The van der Waals surface area contributed by atoms with Gasteiger partial charge in [0.25, 0.3) is 0 Å². The lowest BCUT2D eigenvalue weighted by atomic mass is 10.1. The summed E-state index contributed by atoms with van der Waals surface area (Å²) in [5.74, 6) is 0.469. The van der Waals surface area contributed by atoms with Gasteiger partial charge in [-0.3, -0.25) is 0 Å². The third-order valence-electron chi connectivity index (χ3n) is 6.50. The van der Waals surface area contributed by atoms with Crippen molar-refractivity contribution < 1.29 is 14.3 Å². The topological polar surface area (TPSA) is 58.3 Å². The number of fused-ring (bicyclic) bond motifs is 4. The van der Waals surface area contributed by atoms with Crippen molar-refractivity contribution in [2.75, 3.05) is 20.8 Å². The quantitative estimate of drug-likeness (QED) is 0.273. The van der Waals surface area contributed by atoms with Gasteiger partial charge in [0.05, 0.1) is 30.3 Å². The molecule has 0 amide bonds. The van der Waals surface area contributed by atoms with Crippen LogP contribution in [0.3, 0.4) is 0 Å². The number of aryl methyl sites for hydroxylation is 2. The number of imidazole rings is 1. The number of hydrogen-bond donors (Lipinski definition) is 0. The van der Waals surface area contributed by atoms with Gasteiger partial charge in [-0.1, -0.05) is 11.6 Å². The Hall–Kier alpha value is -3.35. The molecule has 0 saturated heterocycles. The highest BCUT2D eigenvalue weighted by molar-refractivity contribution is 6.32. The number of halogens is 1. The van der Waals surface area contributed by atoms with Crippen LogP contribution in [0.25, 0.3) is 44.2 Å². The maximum Gasteiger partial charge on any atom is 0.338 e. The van der Waals surface area contributed by atoms with E-state index >= 15 is 0 Å². The molecule has 0 unspecified atom stereocenters. The Kier molecular flexibility index (Phi) is 5.80. The predicted molar refractivity (Wildman–Crippen MR) is 137 cm³/mol. The first-order valence-corrected chi connectivity index (χ1v) is 11.6. The second kappa shape index (κ2) is 8.78. The third-order valence-corrected chi connectivity index (χ3v) is 6.73. The van der Waals surface area contributed by atoms with Crippen LogP contribution < -0.4 is 0 Å². The van der Waals surface area contributed by atoms with E-state index in [0.717, 1.165) is 56.3 Å². The molecule has 0 saturated carbocycles. The summed E-state index contributed by atoms with van der Waals surface area (Å²) in [6, 6.07) is 16.2. The molecule has 0 spiro atoms. The molecule has 0 aliphatic carbocycles. The monoisotopic (exact) mass is 475 g/mol. The van der Waals surface area contributed by atoms with E-state index in [1.165, 1.54) is 7.11 Å². The summed E-state index contributed by atoms with van der Waals surface area (Å²) in [5, 5.41) is 2.97. The third kappa shape index (κ3) is 3.45. The van der Waals surface area contributed by atoms with E-state index in [2.05, 4.69) is 40.3 Å². The van der Waals surface area contributed by atoms with E-state index in [-0.39, 0.29) is 5.97 Å². The van der Waals surface area contributed by atoms with Gasteiger partial charge in [0.1, 0.15) is 5.82 Å². The van der Waals surface area contributed by atoms with Crippen LogP contribution in [0.2, 0.25) is 5.02 Å². The summed E-state index contributed by atoms with van der Waals surface area (Å²) in [7, 11) is 3.08. The van der Waals surface area contributed by atoms with Gasteiger partial charge in [-0.15, -0.1) is 0 Å². The maximum atomic E-state index is 12.3. The molecule has 6 nitrogen and oxygen atoms in total. The van der Waals surface area contributed by atoms with Crippen LogP contribution in [-0.2, 0) is 22.6 Å². The minimum Gasteiger partial charge on any atom is -0.465 e. The highest BCUT2D eigenvalue weighted by atomic mass is 35.5. The minimum absolute atomic E-state index is 0.363. The first-order chi connectivity index (χ1) is 16.5. The molecule has 5 rings (SSSR count). The lowest BCUT2D eigenvalue weighted by Gasteiger charge is -2.10. The second-order valence-corrected chi connectivity index (χ2v) is 8.75. The summed E-state index contributed by atoms with van der Waals surface area (Å²) in [6.45, 7) is 6.10. The van der Waals surface area contributed by atoms with Gasteiger partial charge in [0.2, 0.25) is 0 Å². The molecule has 0 N–H and O–H groups in total. The zero-order valence-corrected chi connectivity index (χ0v) is 20.4. The number of aromatic nitrogens is 3. The van der Waals surface area contributed by atoms with E-state index in [0.29, 0.717) is 23.7 Å². The number of esters is 1. The summed E-state index contributed by atoms with van der Waals surface area (Å²) < 4.78 is 14.8. The summed E-state index contributed by atoms with van der Waals surface area (Å²) in [6.07, 6.45) is 0. The van der Waals surface area contributed by atoms with E-state index in [4.69, 9.17) is 26.1 Å². The fourth-order valence-electron chi connectivity index (χ4n) is 4.84. The van der Waals surface area contributed by atoms with Crippen LogP contribution in [-0.4, -0.2) is 40.9 Å². The van der Waals surface area contributed by atoms with Crippen LogP contribution in [0.1, 0.15) is 22.8 Å². The predicted octanol–water partition coefficient (Wildman–Crippen LogP) is 6.23.